The molecule has 0 spiro atoms. The molecule has 1 saturated heterocycles. The van der Waals surface area contributed by atoms with Gasteiger partial charge in [0.15, 0.2) is 5.78 Å². The molecule has 0 radical (unpaired) electrons. The summed E-state index contributed by atoms with van der Waals surface area (Å²) in [6.07, 6.45) is 2.43. The summed E-state index contributed by atoms with van der Waals surface area (Å²) in [5, 5.41) is 22.1. The highest BCUT2D eigenvalue weighted by Gasteiger charge is 2.28. The minimum atomic E-state index is -0.0372. The molecule has 32 heavy (non-hydrogen) atoms. The Hall–Kier alpha value is -2.54. The Bertz CT molecular complexity index is 1020. The molecule has 0 bridgehead atoms. The number of fused-ring (bicyclic) bond motifs is 1. The first-order chi connectivity index (χ1) is 15.6. The van der Waals surface area contributed by atoms with Crippen molar-refractivity contribution in [1.29, 1.82) is 0 Å². The zero-order chi connectivity index (χ0) is 22.5. The summed E-state index contributed by atoms with van der Waals surface area (Å²) < 4.78 is 0. The molecule has 1 heterocycles. The monoisotopic (exact) mass is 435 g/mol. The number of hydrogen-bond acceptors (Lipinski definition) is 6. The number of aliphatic imine (C=N–C) groups is 1. The van der Waals surface area contributed by atoms with Gasteiger partial charge in [0.2, 0.25) is 0 Å². The minimum Gasteiger partial charge on any atom is -0.511 e. The lowest BCUT2D eigenvalue weighted by Gasteiger charge is -2.33. The third-order valence-corrected chi connectivity index (χ3v) is 6.75. The second-order valence-corrected chi connectivity index (χ2v) is 8.85. The summed E-state index contributed by atoms with van der Waals surface area (Å²) in [6.45, 7) is 8.34. The molecule has 0 aromatic heterocycles. The number of rotatable bonds is 7. The van der Waals surface area contributed by atoms with Crippen molar-refractivity contribution in [3.8, 4) is 0 Å². The number of aryl methyl sites for hydroxylation is 1. The molecule has 1 unspecified atom stereocenters. The van der Waals surface area contributed by atoms with Crippen molar-refractivity contribution < 1.29 is 15.0 Å². The van der Waals surface area contributed by atoms with E-state index in [1.807, 2.05) is 12.1 Å². The molecule has 2 aliphatic rings. The van der Waals surface area contributed by atoms with Gasteiger partial charge in [-0.2, -0.15) is 0 Å². The van der Waals surface area contributed by atoms with E-state index in [1.54, 1.807) is 6.21 Å². The molecule has 0 saturated carbocycles. The summed E-state index contributed by atoms with van der Waals surface area (Å²) in [7, 11) is 0. The number of Topliss-reactive ketones (excluding diaryl/α,β-unsaturated/α-hetero) is 1. The fraction of sp³-hybridized carbons (Fsp3) is 0.462. The van der Waals surface area contributed by atoms with Crippen molar-refractivity contribution in [3.05, 3.63) is 58.9 Å². The van der Waals surface area contributed by atoms with Crippen molar-refractivity contribution in [2.75, 3.05) is 52.4 Å². The maximum Gasteiger partial charge on any atom is 0.168 e. The van der Waals surface area contributed by atoms with E-state index in [9.17, 15) is 9.90 Å². The smallest absolute Gasteiger partial charge is 0.168 e. The Morgan fingerprint density at radius 1 is 1.00 bits per heavy atom. The highest BCUT2D eigenvalue weighted by Crippen LogP contribution is 2.37. The number of benzene rings is 2. The highest BCUT2D eigenvalue weighted by molar-refractivity contribution is 6.14. The van der Waals surface area contributed by atoms with Crippen LogP contribution in [0, 0.1) is 6.92 Å². The quantitative estimate of drug-likeness (QED) is 0.654. The van der Waals surface area contributed by atoms with Crippen LogP contribution in [0.4, 0.5) is 0 Å². The summed E-state index contributed by atoms with van der Waals surface area (Å²) in [6, 6.07) is 12.5. The number of β-amino-alcohol motifs (C(OH)–C–C–N with tert-alkyl or cyclic N) is 1. The second kappa shape index (κ2) is 10.4. The Morgan fingerprint density at radius 3 is 2.38 bits per heavy atom. The van der Waals surface area contributed by atoms with E-state index in [-0.39, 0.29) is 24.1 Å². The number of hydrogen-bond donors (Lipinski definition) is 2. The van der Waals surface area contributed by atoms with Gasteiger partial charge in [0.05, 0.1) is 18.7 Å². The zero-order valence-corrected chi connectivity index (χ0v) is 18.8. The van der Waals surface area contributed by atoms with Crippen LogP contribution in [0.5, 0.6) is 0 Å². The van der Waals surface area contributed by atoms with Gasteiger partial charge in [-0.3, -0.25) is 19.6 Å². The maximum absolute atomic E-state index is 12.8. The number of nitrogens with zero attached hydrogens (tertiary/aromatic N) is 3. The molecular formula is C26H33N3O3. The van der Waals surface area contributed by atoms with E-state index < -0.39 is 0 Å². The molecule has 1 aliphatic carbocycles. The average molecular weight is 436 g/mol. The van der Waals surface area contributed by atoms with Crippen LogP contribution in [0.15, 0.2) is 52.7 Å². The fourth-order valence-electron chi connectivity index (χ4n) is 4.84. The molecule has 170 valence electrons. The van der Waals surface area contributed by atoms with Gasteiger partial charge in [0.1, 0.15) is 5.76 Å². The number of aliphatic hydroxyl groups is 2. The number of piperazine rings is 1. The first-order valence-electron chi connectivity index (χ1n) is 11.6. The first kappa shape index (κ1) is 22.6. The molecule has 6 heteroatoms. The maximum atomic E-state index is 12.8. The Morgan fingerprint density at radius 2 is 1.69 bits per heavy atom. The number of aliphatic hydroxyl groups excluding tert-OH is 2. The van der Waals surface area contributed by atoms with Gasteiger partial charge in [-0.25, -0.2) is 0 Å². The van der Waals surface area contributed by atoms with E-state index in [2.05, 4.69) is 46.0 Å². The standard InChI is InChI=1S/C26H33N3O3/c1-19-6-7-22(23-5-3-2-4-21(19)23)20-16-25(31)24(26(32)17-20)18-27-8-9-28-10-12-29(13-11-28)14-15-30/h2-7,18,20,30-31H,8-17H2,1H3. The number of carbonyl (C=O) groups excluding carboxylic acids is 1. The van der Waals surface area contributed by atoms with Gasteiger partial charge in [-0.15, -0.1) is 0 Å². The van der Waals surface area contributed by atoms with E-state index in [1.165, 1.54) is 10.9 Å². The topological polar surface area (TPSA) is 76.4 Å². The van der Waals surface area contributed by atoms with Crippen LogP contribution in [0.25, 0.3) is 10.8 Å². The summed E-state index contributed by atoms with van der Waals surface area (Å²) in [5.74, 6) is 0.0995. The van der Waals surface area contributed by atoms with Gasteiger partial charge >= 0.3 is 0 Å². The van der Waals surface area contributed by atoms with Gasteiger partial charge in [0, 0.05) is 58.3 Å². The molecule has 1 fully saturated rings. The van der Waals surface area contributed by atoms with Gasteiger partial charge in [-0.1, -0.05) is 36.4 Å². The fourth-order valence-corrected chi connectivity index (χ4v) is 4.84. The third-order valence-electron chi connectivity index (χ3n) is 6.75. The summed E-state index contributed by atoms with van der Waals surface area (Å²) in [5.41, 5.74) is 2.71. The van der Waals surface area contributed by atoms with Crippen LogP contribution < -0.4 is 0 Å². The number of ketones is 1. The normalized spacial score (nSPS) is 21.2. The van der Waals surface area contributed by atoms with Crippen LogP contribution in [0.3, 0.4) is 0 Å². The Kier molecular flexibility index (Phi) is 7.35. The molecule has 2 aromatic rings. The van der Waals surface area contributed by atoms with Crippen LogP contribution in [0.2, 0.25) is 0 Å². The lowest BCUT2D eigenvalue weighted by molar-refractivity contribution is -0.116. The van der Waals surface area contributed by atoms with E-state index >= 15 is 0 Å². The largest absolute Gasteiger partial charge is 0.511 e. The van der Waals surface area contributed by atoms with Crippen molar-refractivity contribution >= 4 is 22.8 Å². The lowest BCUT2D eigenvalue weighted by Crippen LogP contribution is -2.47. The van der Waals surface area contributed by atoms with Gasteiger partial charge in [-0.05, 0) is 34.7 Å². The van der Waals surface area contributed by atoms with Crippen molar-refractivity contribution in [3.63, 3.8) is 0 Å². The highest BCUT2D eigenvalue weighted by atomic mass is 16.3. The Labute approximate surface area is 189 Å². The van der Waals surface area contributed by atoms with Crippen LogP contribution in [-0.4, -0.2) is 84.4 Å². The molecule has 1 aliphatic heterocycles. The first-order valence-corrected chi connectivity index (χ1v) is 11.6. The lowest BCUT2D eigenvalue weighted by atomic mass is 9.80. The third kappa shape index (κ3) is 5.09. The molecule has 6 nitrogen and oxygen atoms in total. The molecule has 2 N–H and O–H groups in total. The van der Waals surface area contributed by atoms with E-state index in [0.717, 1.165) is 50.2 Å². The minimum absolute atomic E-state index is 0.0135. The SMILES string of the molecule is Cc1ccc(C2CC(=O)C(C=NCCN3CCN(CCO)CC3)=C(O)C2)c2ccccc12. The van der Waals surface area contributed by atoms with Crippen LogP contribution >= 0.6 is 0 Å². The van der Waals surface area contributed by atoms with E-state index in [4.69, 9.17) is 5.11 Å². The average Bonchev–Trinajstić information content (AvgIpc) is 2.80. The predicted octanol–water partition coefficient (Wildman–Crippen LogP) is 3.09. The molecule has 1 atom stereocenters. The second-order valence-electron chi connectivity index (χ2n) is 8.85. The van der Waals surface area contributed by atoms with Crippen molar-refractivity contribution in [2.24, 2.45) is 4.99 Å². The molecule has 0 amide bonds. The molecule has 4 rings (SSSR count). The van der Waals surface area contributed by atoms with Gasteiger partial charge < -0.3 is 10.2 Å². The number of allylic oxidation sites excluding steroid dienone is 2. The molecular weight excluding hydrogens is 402 g/mol. The number of carbonyl (C=O) groups is 1. The zero-order valence-electron chi connectivity index (χ0n) is 18.8. The van der Waals surface area contributed by atoms with Crippen LogP contribution in [0.1, 0.15) is 29.9 Å². The predicted molar refractivity (Wildman–Crippen MR) is 129 cm³/mol. The van der Waals surface area contributed by atoms with Crippen molar-refractivity contribution in [2.45, 2.75) is 25.7 Å². The van der Waals surface area contributed by atoms with Crippen molar-refractivity contribution in [1.82, 2.24) is 9.80 Å². The van der Waals surface area contributed by atoms with E-state index in [0.29, 0.717) is 25.0 Å². The van der Waals surface area contributed by atoms with Gasteiger partial charge in [0.25, 0.3) is 0 Å². The summed E-state index contributed by atoms with van der Waals surface area (Å²) >= 11 is 0. The van der Waals surface area contributed by atoms with Crippen LogP contribution in [-0.2, 0) is 4.79 Å². The summed E-state index contributed by atoms with van der Waals surface area (Å²) in [4.78, 5) is 21.9. The molecule has 2 aromatic carbocycles. The Balaban J connectivity index is 1.37.